The number of fused-ring (bicyclic) bond motifs is 1. The van der Waals surface area contributed by atoms with Crippen molar-refractivity contribution in [3.8, 4) is 11.3 Å². The molecular formula is C25H22F6N6O2. The van der Waals surface area contributed by atoms with Crippen molar-refractivity contribution in [3.05, 3.63) is 80.4 Å². The summed E-state index contributed by atoms with van der Waals surface area (Å²) in [7, 11) is 0. The molecule has 0 radical (unpaired) electrons. The van der Waals surface area contributed by atoms with Crippen molar-refractivity contribution >= 4 is 22.3 Å². The minimum Gasteiger partial charge on any atom is -0.383 e. The summed E-state index contributed by atoms with van der Waals surface area (Å²) in [5.41, 5.74) is 1.45. The van der Waals surface area contributed by atoms with Crippen LogP contribution in [0, 0.1) is 5.82 Å². The summed E-state index contributed by atoms with van der Waals surface area (Å²) in [6, 6.07) is 5.77. The first-order chi connectivity index (χ1) is 18.4. The molecule has 0 amide bonds. The third-order valence-corrected chi connectivity index (χ3v) is 6.11. The number of anilines is 2. The summed E-state index contributed by atoms with van der Waals surface area (Å²) in [5.74, 6) is -1.22. The highest BCUT2D eigenvalue weighted by Gasteiger charge is 2.37. The van der Waals surface area contributed by atoms with E-state index in [1.165, 1.54) is 22.9 Å². The fraction of sp³-hybridized carbons (Fsp3) is 0.280. The number of nitrogens with two attached hydrogens (primary N) is 1. The summed E-state index contributed by atoms with van der Waals surface area (Å²) < 4.78 is 81.8. The van der Waals surface area contributed by atoms with Crippen LogP contribution in [0.15, 0.2) is 52.3 Å². The highest BCUT2D eigenvalue weighted by molar-refractivity contribution is 5.86. The summed E-state index contributed by atoms with van der Waals surface area (Å²) in [5, 5.41) is 8.28. The predicted molar refractivity (Wildman–Crippen MR) is 133 cm³/mol. The lowest BCUT2D eigenvalue weighted by Gasteiger charge is -2.18. The average Bonchev–Trinajstić information content (AvgIpc) is 2.84. The maximum absolute atomic E-state index is 14.9. The summed E-state index contributed by atoms with van der Waals surface area (Å²) in [6.45, 7) is 1.81. The third kappa shape index (κ3) is 5.89. The molecule has 0 saturated heterocycles. The molecular weight excluding hydrogens is 530 g/mol. The van der Waals surface area contributed by atoms with E-state index in [2.05, 4.69) is 15.4 Å². The van der Waals surface area contributed by atoms with Crippen molar-refractivity contribution in [2.45, 2.75) is 45.0 Å². The number of rotatable bonds is 8. The minimum absolute atomic E-state index is 0.0143. The van der Waals surface area contributed by atoms with E-state index in [0.29, 0.717) is 18.2 Å². The molecule has 1 aromatic carbocycles. The number of nitrogens with zero attached hydrogens (tertiary/aromatic N) is 3. The molecule has 4 N–H and O–H groups in total. The number of nitrogens with one attached hydrogen (secondary N) is 2. The predicted octanol–water partition coefficient (Wildman–Crippen LogP) is 5.11. The van der Waals surface area contributed by atoms with Crippen LogP contribution in [0.5, 0.6) is 0 Å². The van der Waals surface area contributed by atoms with Gasteiger partial charge in [0.15, 0.2) is 0 Å². The Morgan fingerprint density at radius 3 is 2.56 bits per heavy atom. The number of hydrogen-bond donors (Lipinski definition) is 3. The zero-order chi connectivity index (χ0) is 28.5. The van der Waals surface area contributed by atoms with Gasteiger partial charge in [-0.15, -0.1) is 0 Å². The Kier molecular flexibility index (Phi) is 7.65. The number of hydrogen-bond acceptors (Lipinski definition) is 6. The number of benzene rings is 1. The van der Waals surface area contributed by atoms with Gasteiger partial charge in [-0.1, -0.05) is 0 Å². The van der Waals surface area contributed by atoms with Gasteiger partial charge in [-0.25, -0.2) is 23.3 Å². The average molecular weight is 552 g/mol. The Morgan fingerprint density at radius 1 is 1.15 bits per heavy atom. The second kappa shape index (κ2) is 10.8. The third-order valence-electron chi connectivity index (χ3n) is 6.11. The quantitative estimate of drug-likeness (QED) is 0.262. The van der Waals surface area contributed by atoms with Crippen molar-refractivity contribution in [1.82, 2.24) is 19.7 Å². The topological polar surface area (TPSA) is 119 Å². The molecule has 3 heterocycles. The van der Waals surface area contributed by atoms with Crippen molar-refractivity contribution in [2.24, 2.45) is 0 Å². The fourth-order valence-corrected chi connectivity index (χ4v) is 4.19. The van der Waals surface area contributed by atoms with Gasteiger partial charge in [0.1, 0.15) is 17.2 Å². The lowest BCUT2D eigenvalue weighted by Crippen LogP contribution is -2.27. The van der Waals surface area contributed by atoms with E-state index < -0.39 is 58.2 Å². The molecule has 14 heteroatoms. The van der Waals surface area contributed by atoms with Crippen LogP contribution >= 0.6 is 0 Å². The molecule has 1 atom stereocenters. The number of alkyl halides is 5. The molecule has 8 nitrogen and oxygen atoms in total. The number of nitrogen functional groups attached to an aromatic ring is 1. The van der Waals surface area contributed by atoms with Crippen molar-refractivity contribution in [1.29, 1.82) is 0 Å². The Morgan fingerprint density at radius 2 is 1.90 bits per heavy atom. The van der Waals surface area contributed by atoms with Gasteiger partial charge in [-0.3, -0.25) is 9.59 Å². The molecule has 206 valence electrons. The van der Waals surface area contributed by atoms with Crippen LogP contribution in [0.2, 0.25) is 0 Å². The highest BCUT2D eigenvalue weighted by atomic mass is 19.4. The molecule has 4 aromatic rings. The van der Waals surface area contributed by atoms with Gasteiger partial charge in [0, 0.05) is 24.3 Å². The summed E-state index contributed by atoms with van der Waals surface area (Å²) in [4.78, 5) is 28.4. The standard InChI is InChI=1S/C25H22F6N6O2/c1-12(34-19-11-33-36-23(38)20(19)25(29,30)31)3-2-7-37-8-6-13-9-16(17(26)10-15(13)24(37)39)18-5-4-14(21(27)28)22(32)35-18/h4-6,8-12,21H,2-3,7H2,1H3,(H2,32,35)(H2,34,36,38). The van der Waals surface area contributed by atoms with E-state index >= 15 is 0 Å². The fourth-order valence-electron chi connectivity index (χ4n) is 4.19. The van der Waals surface area contributed by atoms with Crippen LogP contribution in [0.1, 0.15) is 37.3 Å². The molecule has 0 aliphatic carbocycles. The number of halogens is 6. The van der Waals surface area contributed by atoms with Gasteiger partial charge >= 0.3 is 6.18 Å². The number of aromatic amines is 1. The maximum atomic E-state index is 14.9. The van der Waals surface area contributed by atoms with Crippen LogP contribution in [-0.4, -0.2) is 25.8 Å². The van der Waals surface area contributed by atoms with E-state index in [-0.39, 0.29) is 23.2 Å². The molecule has 1 unspecified atom stereocenters. The molecule has 0 aliphatic heterocycles. The Hall–Kier alpha value is -4.36. The first-order valence-electron chi connectivity index (χ1n) is 11.7. The van der Waals surface area contributed by atoms with E-state index in [0.717, 1.165) is 18.3 Å². The summed E-state index contributed by atoms with van der Waals surface area (Å²) in [6.07, 6.45) is -4.61. The maximum Gasteiger partial charge on any atom is 0.423 e. The zero-order valence-corrected chi connectivity index (χ0v) is 20.3. The van der Waals surface area contributed by atoms with Crippen LogP contribution in [-0.2, 0) is 12.7 Å². The SMILES string of the molecule is CC(CCCn1ccc2cc(-c3ccc(C(F)F)c(N)n3)c(F)cc2c1=O)Nc1cn[nH]c(=O)c1C(F)(F)F. The van der Waals surface area contributed by atoms with Gasteiger partial charge in [0.25, 0.3) is 17.5 Å². The van der Waals surface area contributed by atoms with Gasteiger partial charge in [-0.05, 0) is 55.5 Å². The molecule has 0 bridgehead atoms. The number of pyridine rings is 2. The molecule has 3 aromatic heterocycles. The van der Waals surface area contributed by atoms with Gasteiger partial charge in [-0.2, -0.15) is 18.3 Å². The van der Waals surface area contributed by atoms with E-state index in [1.807, 2.05) is 0 Å². The smallest absolute Gasteiger partial charge is 0.383 e. The second-order valence-corrected chi connectivity index (χ2v) is 8.88. The molecule has 39 heavy (non-hydrogen) atoms. The van der Waals surface area contributed by atoms with Gasteiger partial charge in [0.2, 0.25) is 0 Å². The lowest BCUT2D eigenvalue weighted by atomic mass is 10.0. The van der Waals surface area contributed by atoms with Crippen molar-refractivity contribution < 1.29 is 26.3 Å². The normalized spacial score (nSPS) is 12.7. The van der Waals surface area contributed by atoms with Crippen LogP contribution in [0.3, 0.4) is 0 Å². The molecule has 0 saturated carbocycles. The van der Waals surface area contributed by atoms with Crippen molar-refractivity contribution in [3.63, 3.8) is 0 Å². The molecule has 0 aliphatic rings. The minimum atomic E-state index is -4.87. The first kappa shape index (κ1) is 27.7. The number of H-pyrrole nitrogens is 1. The Bertz CT molecular complexity index is 1630. The molecule has 0 spiro atoms. The summed E-state index contributed by atoms with van der Waals surface area (Å²) >= 11 is 0. The molecule has 4 rings (SSSR count). The van der Waals surface area contributed by atoms with E-state index in [4.69, 9.17) is 5.73 Å². The Labute approximate surface area is 216 Å². The highest BCUT2D eigenvalue weighted by Crippen LogP contribution is 2.32. The van der Waals surface area contributed by atoms with Crippen molar-refractivity contribution in [2.75, 3.05) is 11.1 Å². The van der Waals surface area contributed by atoms with Gasteiger partial charge in [0.05, 0.1) is 28.5 Å². The first-order valence-corrected chi connectivity index (χ1v) is 11.7. The van der Waals surface area contributed by atoms with Crippen LogP contribution in [0.4, 0.5) is 37.8 Å². The Balaban J connectivity index is 1.49. The lowest BCUT2D eigenvalue weighted by molar-refractivity contribution is -0.138. The second-order valence-electron chi connectivity index (χ2n) is 8.88. The monoisotopic (exact) mass is 552 g/mol. The zero-order valence-electron chi connectivity index (χ0n) is 20.3. The largest absolute Gasteiger partial charge is 0.423 e. The molecule has 0 fully saturated rings. The number of aromatic nitrogens is 4. The van der Waals surface area contributed by atoms with Crippen LogP contribution in [0.25, 0.3) is 22.0 Å². The van der Waals surface area contributed by atoms with Crippen LogP contribution < -0.4 is 22.2 Å². The number of aryl methyl sites for hydroxylation is 1. The van der Waals surface area contributed by atoms with E-state index in [1.54, 1.807) is 18.1 Å². The van der Waals surface area contributed by atoms with Gasteiger partial charge < -0.3 is 15.6 Å². The van der Waals surface area contributed by atoms with E-state index in [9.17, 15) is 35.9 Å².